The van der Waals surface area contributed by atoms with Gasteiger partial charge in [-0.15, -0.1) is 11.3 Å². The van der Waals surface area contributed by atoms with Crippen LogP contribution >= 0.6 is 11.3 Å². The summed E-state index contributed by atoms with van der Waals surface area (Å²) in [4.78, 5) is 13.4. The molecule has 0 radical (unpaired) electrons. The van der Waals surface area contributed by atoms with Crippen LogP contribution < -0.4 is 9.47 Å². The van der Waals surface area contributed by atoms with Gasteiger partial charge in [-0.2, -0.15) is 0 Å². The Morgan fingerprint density at radius 1 is 0.971 bits per heavy atom. The molecule has 1 heterocycles. The standard InChI is InChI=1S/C29H34O4S/c1-28(2,3)22-15-18(16-23(26(22)31)29(4,5)6)19(17-30)14-21-24(32-7)12-11-20(27(21)33-8)25-10-9-13-34-25/h9-13,15-16,31H,14H2,1-8H3. The van der Waals surface area contributed by atoms with E-state index in [1.54, 1.807) is 25.6 Å². The van der Waals surface area contributed by atoms with Crippen LogP contribution in [-0.2, 0) is 22.0 Å². The van der Waals surface area contributed by atoms with Gasteiger partial charge in [0, 0.05) is 39.1 Å². The van der Waals surface area contributed by atoms with Crippen molar-refractivity contribution in [1.82, 2.24) is 0 Å². The van der Waals surface area contributed by atoms with Crippen molar-refractivity contribution >= 4 is 22.9 Å². The molecule has 0 amide bonds. The van der Waals surface area contributed by atoms with Crippen molar-refractivity contribution < 1.29 is 19.4 Å². The summed E-state index contributed by atoms with van der Waals surface area (Å²) >= 11 is 1.63. The predicted octanol–water partition coefficient (Wildman–Crippen LogP) is 7.19. The van der Waals surface area contributed by atoms with Gasteiger partial charge in [0.05, 0.1) is 14.2 Å². The molecule has 0 saturated carbocycles. The van der Waals surface area contributed by atoms with Gasteiger partial charge in [-0.3, -0.25) is 0 Å². The Morgan fingerprint density at radius 3 is 2.03 bits per heavy atom. The van der Waals surface area contributed by atoms with E-state index in [2.05, 4.69) is 47.5 Å². The molecule has 0 atom stereocenters. The summed E-state index contributed by atoms with van der Waals surface area (Å²) in [6.07, 6.45) is 0.285. The summed E-state index contributed by atoms with van der Waals surface area (Å²) in [6.45, 7) is 12.3. The summed E-state index contributed by atoms with van der Waals surface area (Å²) < 4.78 is 11.5. The number of phenols is 1. The van der Waals surface area contributed by atoms with Crippen LogP contribution in [0.5, 0.6) is 17.2 Å². The van der Waals surface area contributed by atoms with E-state index >= 15 is 0 Å². The second-order valence-electron chi connectivity index (χ2n) is 10.5. The summed E-state index contributed by atoms with van der Waals surface area (Å²) in [5.41, 5.74) is 3.96. The normalized spacial score (nSPS) is 11.8. The SMILES string of the molecule is COc1ccc(-c2cccs2)c(OC)c1CC(=C=O)c1cc(C(C)(C)C)c(O)c(C(C)(C)C)c1. The third-order valence-electron chi connectivity index (χ3n) is 5.98. The van der Waals surface area contributed by atoms with Gasteiger partial charge in [0.2, 0.25) is 0 Å². The van der Waals surface area contributed by atoms with Crippen LogP contribution in [0.15, 0.2) is 41.8 Å². The van der Waals surface area contributed by atoms with Crippen LogP contribution in [0.2, 0.25) is 0 Å². The molecule has 3 aromatic rings. The Kier molecular flexibility index (Phi) is 7.30. The number of rotatable bonds is 6. The zero-order valence-electron chi connectivity index (χ0n) is 21.3. The summed E-state index contributed by atoms with van der Waals surface area (Å²) in [5.74, 6) is 3.79. The van der Waals surface area contributed by atoms with Crippen molar-refractivity contribution in [3.63, 3.8) is 0 Å². The molecule has 4 nitrogen and oxygen atoms in total. The van der Waals surface area contributed by atoms with Crippen molar-refractivity contribution in [1.29, 1.82) is 0 Å². The zero-order chi connectivity index (χ0) is 25.3. The topological polar surface area (TPSA) is 55.8 Å². The number of benzene rings is 2. The van der Waals surface area contributed by atoms with Crippen molar-refractivity contribution in [3.8, 4) is 27.7 Å². The molecule has 0 saturated heterocycles. The van der Waals surface area contributed by atoms with Crippen LogP contribution in [0.1, 0.15) is 63.8 Å². The highest BCUT2D eigenvalue weighted by atomic mass is 32.1. The average molecular weight is 479 g/mol. The first-order chi connectivity index (χ1) is 15.9. The lowest BCUT2D eigenvalue weighted by Crippen LogP contribution is -2.18. The van der Waals surface area contributed by atoms with Crippen molar-refractivity contribution in [2.45, 2.75) is 58.8 Å². The van der Waals surface area contributed by atoms with Gasteiger partial charge in [0.25, 0.3) is 0 Å². The Bertz CT molecular complexity index is 1180. The van der Waals surface area contributed by atoms with Gasteiger partial charge >= 0.3 is 0 Å². The molecule has 0 unspecified atom stereocenters. The highest BCUT2D eigenvalue weighted by molar-refractivity contribution is 7.13. The number of hydrogen-bond acceptors (Lipinski definition) is 5. The molecule has 180 valence electrons. The molecule has 3 rings (SSSR count). The number of ether oxygens (including phenoxy) is 2. The van der Waals surface area contributed by atoms with Crippen molar-refractivity contribution in [2.24, 2.45) is 0 Å². The molecule has 0 aliphatic carbocycles. The first kappa shape index (κ1) is 25.6. The minimum absolute atomic E-state index is 0.281. The number of methoxy groups -OCH3 is 2. The second kappa shape index (κ2) is 9.69. The Balaban J connectivity index is 2.21. The largest absolute Gasteiger partial charge is 0.507 e. The van der Waals surface area contributed by atoms with E-state index in [1.165, 1.54) is 0 Å². The Hall–Kier alpha value is -3.01. The van der Waals surface area contributed by atoms with Gasteiger partial charge in [-0.1, -0.05) is 47.6 Å². The summed E-state index contributed by atoms with van der Waals surface area (Å²) in [6, 6.07) is 11.7. The molecule has 0 fully saturated rings. The minimum Gasteiger partial charge on any atom is -0.507 e. The first-order valence-corrected chi connectivity index (χ1v) is 12.2. The molecule has 1 aromatic heterocycles. The summed E-state index contributed by atoms with van der Waals surface area (Å²) in [7, 11) is 3.25. The number of phenolic OH excluding ortho intramolecular Hbond substituents is 1. The van der Waals surface area contributed by atoms with Gasteiger partial charge < -0.3 is 14.6 Å². The van der Waals surface area contributed by atoms with Crippen LogP contribution in [0.4, 0.5) is 0 Å². The smallest absolute Gasteiger partial charge is 0.134 e. The fourth-order valence-corrected chi connectivity index (χ4v) is 4.90. The van der Waals surface area contributed by atoms with Crippen LogP contribution in [0.25, 0.3) is 16.0 Å². The van der Waals surface area contributed by atoms with E-state index in [9.17, 15) is 9.90 Å². The first-order valence-electron chi connectivity index (χ1n) is 11.3. The minimum atomic E-state index is -0.303. The number of thiophene rings is 1. The fraction of sp³-hybridized carbons (Fsp3) is 0.379. The number of carbonyl (C=O) groups excluding carboxylic acids is 1. The molecule has 0 aliphatic heterocycles. The third kappa shape index (κ3) is 5.06. The van der Waals surface area contributed by atoms with Crippen LogP contribution in [0.3, 0.4) is 0 Å². The molecule has 0 spiro atoms. The quantitative estimate of drug-likeness (QED) is 0.381. The maximum absolute atomic E-state index is 12.3. The zero-order valence-corrected chi connectivity index (χ0v) is 22.1. The van der Waals surface area contributed by atoms with Crippen LogP contribution in [-0.4, -0.2) is 25.3 Å². The highest BCUT2D eigenvalue weighted by Crippen LogP contribution is 2.44. The van der Waals surface area contributed by atoms with Crippen molar-refractivity contribution in [2.75, 3.05) is 14.2 Å². The van der Waals surface area contributed by atoms with E-state index in [4.69, 9.17) is 9.47 Å². The van der Waals surface area contributed by atoms with Gasteiger partial charge in [0.1, 0.15) is 23.2 Å². The maximum Gasteiger partial charge on any atom is 0.134 e. The summed E-state index contributed by atoms with van der Waals surface area (Å²) in [5, 5.41) is 13.1. The van der Waals surface area contributed by atoms with Gasteiger partial charge in [-0.05, 0) is 52.1 Å². The Morgan fingerprint density at radius 2 is 1.59 bits per heavy atom. The monoisotopic (exact) mass is 478 g/mol. The number of hydrogen-bond donors (Lipinski definition) is 1. The molecule has 1 N–H and O–H groups in total. The highest BCUT2D eigenvalue weighted by Gasteiger charge is 2.28. The molecule has 5 heteroatoms. The second-order valence-corrected chi connectivity index (χ2v) is 11.4. The molecular weight excluding hydrogens is 444 g/mol. The van der Waals surface area contributed by atoms with E-state index in [-0.39, 0.29) is 23.0 Å². The van der Waals surface area contributed by atoms with Crippen molar-refractivity contribution in [3.05, 3.63) is 64.0 Å². The lowest BCUT2D eigenvalue weighted by Gasteiger charge is -2.28. The van der Waals surface area contributed by atoms with E-state index in [0.29, 0.717) is 17.1 Å². The third-order valence-corrected chi connectivity index (χ3v) is 6.88. The lowest BCUT2D eigenvalue weighted by molar-refractivity contribution is 0.388. The van der Waals surface area contributed by atoms with Crippen LogP contribution in [0, 0.1) is 0 Å². The molecule has 34 heavy (non-hydrogen) atoms. The molecule has 0 bridgehead atoms. The average Bonchev–Trinajstić information content (AvgIpc) is 3.30. The molecular formula is C29H34O4S. The predicted molar refractivity (Wildman–Crippen MR) is 141 cm³/mol. The Labute approximate surface area is 206 Å². The fourth-order valence-electron chi connectivity index (χ4n) is 4.15. The number of aromatic hydroxyl groups is 1. The lowest BCUT2D eigenvalue weighted by atomic mass is 9.77. The van der Waals surface area contributed by atoms with E-state index in [1.807, 2.05) is 41.8 Å². The van der Waals surface area contributed by atoms with Gasteiger partial charge in [0.15, 0.2) is 0 Å². The maximum atomic E-state index is 12.3. The number of allylic oxidation sites excluding steroid dienone is 1. The van der Waals surface area contributed by atoms with Gasteiger partial charge in [-0.25, -0.2) is 4.79 Å². The molecule has 0 aliphatic rings. The molecule has 2 aromatic carbocycles. The van der Waals surface area contributed by atoms with E-state index < -0.39 is 0 Å². The van der Waals surface area contributed by atoms with E-state index in [0.717, 1.165) is 32.7 Å².